The van der Waals surface area contributed by atoms with Gasteiger partial charge in [0.05, 0.1) is 12.3 Å². The zero-order chi connectivity index (χ0) is 21.0. The molecule has 1 rings (SSSR count). The largest absolute Gasteiger partial charge is 0.418 e. The number of ether oxygens (including phenoxy) is 1. The fourth-order valence-corrected chi connectivity index (χ4v) is 4.32. The van der Waals surface area contributed by atoms with Crippen molar-refractivity contribution in [3.05, 3.63) is 12.2 Å². The van der Waals surface area contributed by atoms with Crippen molar-refractivity contribution in [3.8, 4) is 0 Å². The SMILES string of the molecule is CCCCCCCCCCCCCCCCCCCCC=CC1CC(=O)OC1=S. The van der Waals surface area contributed by atoms with Crippen LogP contribution in [0.15, 0.2) is 12.2 Å². The van der Waals surface area contributed by atoms with E-state index in [0.717, 1.165) is 6.42 Å². The number of allylic oxidation sites excluding steroid dienone is 1. The zero-order valence-electron chi connectivity index (χ0n) is 19.1. The highest BCUT2D eigenvalue weighted by Crippen LogP contribution is 2.19. The van der Waals surface area contributed by atoms with Crippen LogP contribution in [0.2, 0.25) is 0 Å². The van der Waals surface area contributed by atoms with Crippen LogP contribution in [0.3, 0.4) is 0 Å². The van der Waals surface area contributed by atoms with Gasteiger partial charge in [-0.15, -0.1) is 0 Å². The lowest BCUT2D eigenvalue weighted by atomic mass is 10.0. The van der Waals surface area contributed by atoms with Crippen molar-refractivity contribution in [1.29, 1.82) is 0 Å². The van der Waals surface area contributed by atoms with Crippen molar-refractivity contribution in [2.75, 3.05) is 0 Å². The molecule has 0 spiro atoms. The summed E-state index contributed by atoms with van der Waals surface area (Å²) in [5, 5.41) is 0.448. The van der Waals surface area contributed by atoms with E-state index in [-0.39, 0.29) is 11.9 Å². The van der Waals surface area contributed by atoms with E-state index in [1.54, 1.807) is 0 Å². The molecule has 1 aliphatic heterocycles. The van der Waals surface area contributed by atoms with Gasteiger partial charge in [0.25, 0.3) is 0 Å². The van der Waals surface area contributed by atoms with Gasteiger partial charge in [-0.05, 0) is 25.1 Å². The van der Waals surface area contributed by atoms with E-state index < -0.39 is 0 Å². The van der Waals surface area contributed by atoms with Crippen LogP contribution in [-0.4, -0.2) is 11.0 Å². The normalized spacial score (nSPS) is 16.8. The van der Waals surface area contributed by atoms with Crippen LogP contribution in [0.1, 0.15) is 135 Å². The minimum Gasteiger partial charge on any atom is -0.418 e. The molecular weight excluding hydrogens is 376 g/mol. The quantitative estimate of drug-likeness (QED) is 0.0848. The number of carbonyl (C=O) groups is 1. The average Bonchev–Trinajstić information content (AvgIpc) is 3.03. The highest BCUT2D eigenvalue weighted by molar-refractivity contribution is 7.80. The van der Waals surface area contributed by atoms with E-state index in [2.05, 4.69) is 19.1 Å². The molecule has 0 saturated carbocycles. The van der Waals surface area contributed by atoms with E-state index in [0.29, 0.717) is 11.5 Å². The molecule has 0 aliphatic carbocycles. The third-order valence-electron chi connectivity index (χ3n) is 6.00. The van der Waals surface area contributed by atoms with Gasteiger partial charge in [-0.25, -0.2) is 0 Å². The third kappa shape index (κ3) is 15.8. The molecule has 3 heteroatoms. The molecule has 2 nitrogen and oxygen atoms in total. The van der Waals surface area contributed by atoms with Crippen LogP contribution in [0.5, 0.6) is 0 Å². The van der Waals surface area contributed by atoms with E-state index >= 15 is 0 Å². The molecule has 0 bridgehead atoms. The van der Waals surface area contributed by atoms with Gasteiger partial charge in [0, 0.05) is 0 Å². The van der Waals surface area contributed by atoms with Crippen molar-refractivity contribution in [2.24, 2.45) is 5.92 Å². The molecule has 1 unspecified atom stereocenters. The second-order valence-corrected chi connectivity index (χ2v) is 9.23. The smallest absolute Gasteiger partial charge is 0.312 e. The first-order valence-corrected chi connectivity index (χ1v) is 13.1. The topological polar surface area (TPSA) is 26.3 Å². The minimum atomic E-state index is -0.183. The number of unbranched alkanes of at least 4 members (excludes halogenated alkanes) is 18. The Kier molecular flexibility index (Phi) is 17.5. The number of hydrogen-bond acceptors (Lipinski definition) is 3. The molecule has 0 aromatic heterocycles. The number of hydrogen-bond donors (Lipinski definition) is 0. The molecular formula is C26H46O2S. The summed E-state index contributed by atoms with van der Waals surface area (Å²) in [5.41, 5.74) is 0. The van der Waals surface area contributed by atoms with Gasteiger partial charge >= 0.3 is 5.97 Å². The second-order valence-electron chi connectivity index (χ2n) is 8.83. The molecule has 29 heavy (non-hydrogen) atoms. The van der Waals surface area contributed by atoms with Gasteiger partial charge < -0.3 is 4.74 Å². The Morgan fingerprint density at radius 2 is 1.17 bits per heavy atom. The number of carbonyl (C=O) groups excluding carboxylic acids is 1. The van der Waals surface area contributed by atoms with Gasteiger partial charge in [0.1, 0.15) is 0 Å². The lowest BCUT2D eigenvalue weighted by Gasteiger charge is -2.03. The summed E-state index contributed by atoms with van der Waals surface area (Å²) >= 11 is 5.05. The Morgan fingerprint density at radius 3 is 1.55 bits per heavy atom. The molecule has 1 fully saturated rings. The van der Waals surface area contributed by atoms with E-state index in [4.69, 9.17) is 17.0 Å². The van der Waals surface area contributed by atoms with Crippen LogP contribution in [0.25, 0.3) is 0 Å². The molecule has 1 saturated heterocycles. The Hall–Kier alpha value is -0.700. The number of rotatable bonds is 20. The lowest BCUT2D eigenvalue weighted by molar-refractivity contribution is -0.133. The van der Waals surface area contributed by atoms with Gasteiger partial charge in [-0.1, -0.05) is 128 Å². The molecule has 1 aliphatic rings. The maximum Gasteiger partial charge on any atom is 0.312 e. The van der Waals surface area contributed by atoms with Crippen LogP contribution in [0, 0.1) is 5.92 Å². The number of thiocarbonyl (C=S) groups is 1. The third-order valence-corrected chi connectivity index (χ3v) is 6.38. The monoisotopic (exact) mass is 422 g/mol. The Bertz CT molecular complexity index is 444. The molecule has 0 amide bonds. The summed E-state index contributed by atoms with van der Waals surface area (Å²) in [5.74, 6) is -0.147. The minimum absolute atomic E-state index is 0.0352. The highest BCUT2D eigenvalue weighted by atomic mass is 32.1. The van der Waals surface area contributed by atoms with Gasteiger partial charge in [-0.2, -0.15) is 0 Å². The summed E-state index contributed by atoms with van der Waals surface area (Å²) < 4.78 is 4.91. The molecule has 0 radical (unpaired) electrons. The predicted octanol–water partition coefficient (Wildman–Crippen LogP) is 8.86. The number of cyclic esters (lactones) is 1. The average molecular weight is 423 g/mol. The van der Waals surface area contributed by atoms with Gasteiger partial charge in [-0.3, -0.25) is 4.79 Å². The summed E-state index contributed by atoms with van der Waals surface area (Å²) in [7, 11) is 0. The first-order chi connectivity index (χ1) is 14.2. The Morgan fingerprint density at radius 1 is 0.759 bits per heavy atom. The Balaban J connectivity index is 1.72. The van der Waals surface area contributed by atoms with E-state index in [1.807, 2.05) is 0 Å². The molecule has 0 aromatic carbocycles. The molecule has 0 N–H and O–H groups in total. The maximum absolute atomic E-state index is 11.1. The van der Waals surface area contributed by atoms with Crippen molar-refractivity contribution < 1.29 is 9.53 Å². The highest BCUT2D eigenvalue weighted by Gasteiger charge is 2.27. The summed E-state index contributed by atoms with van der Waals surface area (Å²) in [6, 6.07) is 0. The summed E-state index contributed by atoms with van der Waals surface area (Å²) in [6.45, 7) is 2.29. The van der Waals surface area contributed by atoms with Gasteiger partial charge in [0.2, 0.25) is 0 Å². The number of esters is 1. The lowest BCUT2D eigenvalue weighted by Crippen LogP contribution is -2.00. The molecule has 0 aromatic rings. The maximum atomic E-state index is 11.1. The molecule has 1 atom stereocenters. The standard InChI is InChI=1S/C26H46O2S/c1-2-3-4-5-6-7-8-9-10-11-12-13-14-15-16-17-18-19-20-21-22-24-23-25(27)28-26(24)29/h21-22,24H,2-20,23H2,1H3. The first kappa shape index (κ1) is 26.3. The Labute approximate surface area is 186 Å². The van der Waals surface area contributed by atoms with E-state index in [1.165, 1.54) is 116 Å². The zero-order valence-corrected chi connectivity index (χ0v) is 19.9. The van der Waals surface area contributed by atoms with Crippen molar-refractivity contribution in [3.63, 3.8) is 0 Å². The summed E-state index contributed by atoms with van der Waals surface area (Å²) in [4.78, 5) is 11.1. The van der Waals surface area contributed by atoms with Crippen molar-refractivity contribution >= 4 is 23.2 Å². The first-order valence-electron chi connectivity index (χ1n) is 12.6. The fraction of sp³-hybridized carbons (Fsp3) is 0.846. The van der Waals surface area contributed by atoms with Gasteiger partial charge in [0.15, 0.2) is 5.05 Å². The van der Waals surface area contributed by atoms with E-state index in [9.17, 15) is 4.79 Å². The van der Waals surface area contributed by atoms with Crippen LogP contribution in [-0.2, 0) is 9.53 Å². The van der Waals surface area contributed by atoms with Crippen LogP contribution < -0.4 is 0 Å². The molecule has 168 valence electrons. The fourth-order valence-electron chi connectivity index (χ4n) is 4.06. The second kappa shape index (κ2) is 19.3. The van der Waals surface area contributed by atoms with Crippen molar-refractivity contribution in [1.82, 2.24) is 0 Å². The molecule has 1 heterocycles. The van der Waals surface area contributed by atoms with Crippen LogP contribution >= 0.6 is 12.2 Å². The summed E-state index contributed by atoms with van der Waals surface area (Å²) in [6.07, 6.45) is 31.2. The predicted molar refractivity (Wildman–Crippen MR) is 129 cm³/mol. The van der Waals surface area contributed by atoms with Crippen molar-refractivity contribution in [2.45, 2.75) is 135 Å². The van der Waals surface area contributed by atoms with Crippen LogP contribution in [0.4, 0.5) is 0 Å².